The summed E-state index contributed by atoms with van der Waals surface area (Å²) in [5, 5.41) is 1.40. The zero-order valence-electron chi connectivity index (χ0n) is 7.13. The molecule has 11 heavy (non-hydrogen) atoms. The zero-order chi connectivity index (χ0) is 8.10. The lowest BCUT2D eigenvalue weighted by atomic mass is 10.2. The summed E-state index contributed by atoms with van der Waals surface area (Å²) in [6, 6.07) is 8.57. The molecule has 0 aliphatic carbocycles. The smallest absolute Gasteiger partial charge is 0.192 e. The van der Waals surface area contributed by atoms with Crippen LogP contribution >= 0.6 is 0 Å². The molecule has 0 bridgehead atoms. The van der Waals surface area contributed by atoms with Crippen LogP contribution in [0.4, 0.5) is 0 Å². The average Bonchev–Trinajstić information content (AvgIpc) is 2.01. The van der Waals surface area contributed by atoms with E-state index in [2.05, 4.69) is 31.2 Å². The third-order valence-corrected chi connectivity index (χ3v) is 2.94. The van der Waals surface area contributed by atoms with Crippen LogP contribution in [-0.2, 0) is 4.43 Å². The quantitative estimate of drug-likeness (QED) is 0.602. The van der Waals surface area contributed by atoms with E-state index >= 15 is 0 Å². The van der Waals surface area contributed by atoms with Gasteiger partial charge in [-0.15, -0.1) is 0 Å². The first-order chi connectivity index (χ1) is 5.33. The van der Waals surface area contributed by atoms with Crippen molar-refractivity contribution < 1.29 is 4.43 Å². The first kappa shape index (κ1) is 8.49. The lowest BCUT2D eigenvalue weighted by Gasteiger charge is -2.00. The van der Waals surface area contributed by atoms with Gasteiger partial charge in [-0.05, 0) is 19.0 Å². The number of benzene rings is 1. The summed E-state index contributed by atoms with van der Waals surface area (Å²) in [6.07, 6.45) is 0. The summed E-state index contributed by atoms with van der Waals surface area (Å²) in [7, 11) is -0.433. The molecule has 60 valence electrons. The van der Waals surface area contributed by atoms with Crippen molar-refractivity contribution >= 4 is 14.9 Å². The molecule has 0 spiro atoms. The molecule has 0 aromatic heterocycles. The molecule has 0 radical (unpaired) electrons. The van der Waals surface area contributed by atoms with E-state index in [1.807, 2.05) is 6.92 Å². The molecule has 2 heteroatoms. The second kappa shape index (κ2) is 4.31. The van der Waals surface area contributed by atoms with Crippen LogP contribution in [0.5, 0.6) is 0 Å². The molecule has 1 nitrogen and oxygen atoms in total. The summed E-state index contributed by atoms with van der Waals surface area (Å²) >= 11 is 0. The van der Waals surface area contributed by atoms with Gasteiger partial charge < -0.3 is 4.43 Å². The lowest BCUT2D eigenvalue weighted by Crippen LogP contribution is -2.17. The third-order valence-electron chi connectivity index (χ3n) is 1.56. The largest absolute Gasteiger partial charge is 0.419 e. The molecule has 0 aliphatic heterocycles. The van der Waals surface area contributed by atoms with Gasteiger partial charge >= 0.3 is 0 Å². The summed E-state index contributed by atoms with van der Waals surface area (Å²) in [4.78, 5) is 0. The normalized spacial score (nSPS) is 11.1. The van der Waals surface area contributed by atoms with Gasteiger partial charge in [-0.25, -0.2) is 0 Å². The van der Waals surface area contributed by atoms with E-state index in [1.54, 1.807) is 0 Å². The van der Waals surface area contributed by atoms with Gasteiger partial charge in [-0.3, -0.25) is 0 Å². The highest BCUT2D eigenvalue weighted by Crippen LogP contribution is 1.91. The molecule has 0 fully saturated rings. The number of rotatable bonds is 3. The first-order valence-corrected chi connectivity index (χ1v) is 5.24. The van der Waals surface area contributed by atoms with Crippen molar-refractivity contribution in [2.45, 2.75) is 13.8 Å². The maximum atomic E-state index is 5.41. The van der Waals surface area contributed by atoms with Crippen molar-refractivity contribution in [1.29, 1.82) is 0 Å². The molecule has 0 unspecified atom stereocenters. The Labute approximate surface area is 70.3 Å². The van der Waals surface area contributed by atoms with E-state index < -0.39 is 9.76 Å². The standard InChI is InChI=1S/C9H14OSi/c1-3-10-11-9-6-4-5-8(2)7-9/h4-7H,3,11H2,1-2H3. The minimum Gasteiger partial charge on any atom is -0.419 e. The highest BCUT2D eigenvalue weighted by molar-refractivity contribution is 6.46. The van der Waals surface area contributed by atoms with Crippen LogP contribution in [0.15, 0.2) is 24.3 Å². The highest BCUT2D eigenvalue weighted by Gasteiger charge is 1.92. The molecule has 0 atom stereocenters. The summed E-state index contributed by atoms with van der Waals surface area (Å²) in [5.41, 5.74) is 1.33. The molecule has 0 aliphatic rings. The topological polar surface area (TPSA) is 9.23 Å². The molecular weight excluding hydrogens is 152 g/mol. The Morgan fingerprint density at radius 1 is 1.45 bits per heavy atom. The van der Waals surface area contributed by atoms with Crippen molar-refractivity contribution in [1.82, 2.24) is 0 Å². The number of hydrogen-bond acceptors (Lipinski definition) is 1. The molecule has 0 N–H and O–H groups in total. The Balaban J connectivity index is 2.56. The average molecular weight is 166 g/mol. The number of hydrogen-bond donors (Lipinski definition) is 0. The van der Waals surface area contributed by atoms with Crippen molar-refractivity contribution in [2.75, 3.05) is 6.61 Å². The number of aryl methyl sites for hydroxylation is 1. The van der Waals surface area contributed by atoms with Gasteiger partial charge in [0.1, 0.15) is 0 Å². The molecule has 0 saturated carbocycles. The zero-order valence-corrected chi connectivity index (χ0v) is 8.55. The van der Waals surface area contributed by atoms with Crippen LogP contribution in [0.25, 0.3) is 0 Å². The van der Waals surface area contributed by atoms with E-state index in [-0.39, 0.29) is 0 Å². The van der Waals surface area contributed by atoms with E-state index in [9.17, 15) is 0 Å². The predicted octanol–water partition coefficient (Wildman–Crippen LogP) is 0.741. The molecule has 0 saturated heterocycles. The summed E-state index contributed by atoms with van der Waals surface area (Å²) in [6.45, 7) is 5.01. The van der Waals surface area contributed by atoms with Gasteiger partial charge in [0.15, 0.2) is 9.76 Å². The van der Waals surface area contributed by atoms with Crippen molar-refractivity contribution in [3.05, 3.63) is 29.8 Å². The fourth-order valence-corrected chi connectivity index (χ4v) is 2.10. The Hall–Kier alpha value is -0.603. The van der Waals surface area contributed by atoms with Gasteiger partial charge in [0.2, 0.25) is 0 Å². The lowest BCUT2D eigenvalue weighted by molar-refractivity contribution is 0.367. The first-order valence-electron chi connectivity index (χ1n) is 3.96. The second-order valence-electron chi connectivity index (χ2n) is 2.63. The van der Waals surface area contributed by atoms with E-state index in [1.165, 1.54) is 10.8 Å². The van der Waals surface area contributed by atoms with Gasteiger partial charge in [-0.2, -0.15) is 0 Å². The fraction of sp³-hybridized carbons (Fsp3) is 0.333. The third kappa shape index (κ3) is 2.86. The highest BCUT2D eigenvalue weighted by atomic mass is 28.2. The summed E-state index contributed by atoms with van der Waals surface area (Å²) < 4.78 is 5.41. The van der Waals surface area contributed by atoms with E-state index in [0.717, 1.165) is 6.61 Å². The SMILES string of the molecule is CCO[SiH2]c1cccc(C)c1. The monoisotopic (exact) mass is 166 g/mol. The van der Waals surface area contributed by atoms with Gasteiger partial charge in [0.05, 0.1) is 0 Å². The molecule has 1 aromatic rings. The van der Waals surface area contributed by atoms with Crippen LogP contribution in [0.3, 0.4) is 0 Å². The maximum absolute atomic E-state index is 5.41. The molecule has 0 heterocycles. The van der Waals surface area contributed by atoms with Crippen LogP contribution in [-0.4, -0.2) is 16.4 Å². The van der Waals surface area contributed by atoms with Crippen LogP contribution < -0.4 is 5.19 Å². The molecule has 0 amide bonds. The van der Waals surface area contributed by atoms with E-state index in [4.69, 9.17) is 4.43 Å². The van der Waals surface area contributed by atoms with Crippen LogP contribution in [0, 0.1) is 6.92 Å². The van der Waals surface area contributed by atoms with Gasteiger partial charge in [0, 0.05) is 6.61 Å². The van der Waals surface area contributed by atoms with Crippen molar-refractivity contribution in [3.63, 3.8) is 0 Å². The molecule has 1 rings (SSSR count). The minimum atomic E-state index is -0.433. The van der Waals surface area contributed by atoms with Crippen LogP contribution in [0.1, 0.15) is 12.5 Å². The fourth-order valence-electron chi connectivity index (χ4n) is 1.02. The Morgan fingerprint density at radius 2 is 2.27 bits per heavy atom. The Bertz CT molecular complexity index is 223. The molecule has 1 aromatic carbocycles. The van der Waals surface area contributed by atoms with Crippen molar-refractivity contribution in [2.24, 2.45) is 0 Å². The van der Waals surface area contributed by atoms with Gasteiger partial charge in [-0.1, -0.05) is 29.8 Å². The summed E-state index contributed by atoms with van der Waals surface area (Å²) in [5.74, 6) is 0. The van der Waals surface area contributed by atoms with E-state index in [0.29, 0.717) is 0 Å². The predicted molar refractivity (Wildman–Crippen MR) is 51.0 cm³/mol. The molecular formula is C9H14OSi. The van der Waals surface area contributed by atoms with Crippen LogP contribution in [0.2, 0.25) is 0 Å². The van der Waals surface area contributed by atoms with Crippen molar-refractivity contribution in [3.8, 4) is 0 Å². The Morgan fingerprint density at radius 3 is 2.91 bits per heavy atom. The minimum absolute atomic E-state index is 0.433. The van der Waals surface area contributed by atoms with Gasteiger partial charge in [0.25, 0.3) is 0 Å². The second-order valence-corrected chi connectivity index (χ2v) is 4.14. The Kier molecular flexibility index (Phi) is 3.33. The maximum Gasteiger partial charge on any atom is 0.192 e.